The molecule has 2 N–H and O–H groups in total. The predicted molar refractivity (Wildman–Crippen MR) is 104 cm³/mol. The smallest absolute Gasteiger partial charge is 0.194 e. The van der Waals surface area contributed by atoms with Crippen LogP contribution < -0.4 is 5.73 Å². The molecule has 4 heteroatoms. The largest absolute Gasteiger partial charge is 0.327 e. The van der Waals surface area contributed by atoms with Crippen molar-refractivity contribution in [2.75, 3.05) is 0 Å². The Morgan fingerprint density at radius 2 is 1.41 bits per heavy atom. The SMILES string of the molecule is CCC(N)C1CCC(C2CCC(CCc3cc(F)c(F)c(F)c3)CC2)CC1. The molecular weight excluding hydrogens is 347 g/mol. The standard InChI is InChI=1S/C23H34F3N/c1-2-22(27)19-11-9-18(10-12-19)17-7-5-15(6-8-17)3-4-16-13-20(24)23(26)21(25)14-16/h13-15,17-19,22H,2-12,27H2,1H3. The zero-order valence-electron chi connectivity index (χ0n) is 16.5. The first-order chi connectivity index (χ1) is 13.0. The van der Waals surface area contributed by atoms with Gasteiger partial charge in [-0.1, -0.05) is 19.8 Å². The van der Waals surface area contributed by atoms with Crippen molar-refractivity contribution in [3.05, 3.63) is 35.1 Å². The van der Waals surface area contributed by atoms with Crippen LogP contribution in [0.3, 0.4) is 0 Å². The Labute approximate surface area is 161 Å². The molecule has 2 aliphatic rings. The normalized spacial score (nSPS) is 30.3. The first-order valence-corrected chi connectivity index (χ1v) is 10.9. The third-order valence-corrected chi connectivity index (χ3v) is 7.34. The topological polar surface area (TPSA) is 26.0 Å². The van der Waals surface area contributed by atoms with Gasteiger partial charge in [0.1, 0.15) is 0 Å². The second-order valence-corrected chi connectivity index (χ2v) is 8.94. The first kappa shape index (κ1) is 20.7. The molecule has 0 saturated heterocycles. The summed E-state index contributed by atoms with van der Waals surface area (Å²) in [5.41, 5.74) is 6.80. The van der Waals surface area contributed by atoms with E-state index in [1.807, 2.05) is 0 Å². The maximum absolute atomic E-state index is 13.3. The fourth-order valence-electron chi connectivity index (χ4n) is 5.45. The summed E-state index contributed by atoms with van der Waals surface area (Å²) in [7, 11) is 0. The van der Waals surface area contributed by atoms with Gasteiger partial charge in [-0.3, -0.25) is 0 Å². The van der Waals surface area contributed by atoms with Crippen molar-refractivity contribution in [2.45, 2.75) is 83.6 Å². The van der Waals surface area contributed by atoms with Crippen LogP contribution in [0.25, 0.3) is 0 Å². The van der Waals surface area contributed by atoms with Crippen LogP contribution in [0.15, 0.2) is 12.1 Å². The van der Waals surface area contributed by atoms with Crippen molar-refractivity contribution in [1.82, 2.24) is 0 Å². The van der Waals surface area contributed by atoms with E-state index in [2.05, 4.69) is 6.92 Å². The number of aryl methyl sites for hydroxylation is 1. The maximum atomic E-state index is 13.3. The lowest BCUT2D eigenvalue weighted by molar-refractivity contribution is 0.135. The lowest BCUT2D eigenvalue weighted by Crippen LogP contribution is -2.34. The number of rotatable bonds is 6. The van der Waals surface area contributed by atoms with Gasteiger partial charge in [0.15, 0.2) is 17.5 Å². The third kappa shape index (κ3) is 5.28. The average molecular weight is 382 g/mol. The number of halogens is 3. The van der Waals surface area contributed by atoms with E-state index in [-0.39, 0.29) is 0 Å². The molecule has 1 aromatic rings. The summed E-state index contributed by atoms with van der Waals surface area (Å²) in [6, 6.07) is 2.66. The molecule has 1 unspecified atom stereocenters. The Hall–Kier alpha value is -1.03. The van der Waals surface area contributed by atoms with Crippen LogP contribution in [-0.2, 0) is 6.42 Å². The summed E-state index contributed by atoms with van der Waals surface area (Å²) in [6.07, 6.45) is 12.9. The van der Waals surface area contributed by atoms with Gasteiger partial charge >= 0.3 is 0 Å². The van der Waals surface area contributed by atoms with Crippen molar-refractivity contribution in [1.29, 1.82) is 0 Å². The van der Waals surface area contributed by atoms with Crippen LogP contribution in [0.5, 0.6) is 0 Å². The molecule has 0 radical (unpaired) electrons. The quantitative estimate of drug-likeness (QED) is 0.568. The molecule has 0 aliphatic heterocycles. The van der Waals surface area contributed by atoms with Crippen molar-refractivity contribution < 1.29 is 13.2 Å². The van der Waals surface area contributed by atoms with Crippen molar-refractivity contribution >= 4 is 0 Å². The first-order valence-electron chi connectivity index (χ1n) is 10.9. The van der Waals surface area contributed by atoms with Crippen LogP contribution in [0.4, 0.5) is 13.2 Å². The van der Waals surface area contributed by atoms with E-state index in [0.29, 0.717) is 23.9 Å². The van der Waals surface area contributed by atoms with E-state index < -0.39 is 17.5 Å². The summed E-state index contributed by atoms with van der Waals surface area (Å²) in [5, 5.41) is 0. The van der Waals surface area contributed by atoms with Crippen molar-refractivity contribution in [3.8, 4) is 0 Å². The van der Waals surface area contributed by atoms with Crippen LogP contribution >= 0.6 is 0 Å². The summed E-state index contributed by atoms with van der Waals surface area (Å²) >= 11 is 0. The van der Waals surface area contributed by atoms with Crippen LogP contribution in [-0.4, -0.2) is 6.04 Å². The molecule has 0 aromatic heterocycles. The van der Waals surface area contributed by atoms with Gasteiger partial charge in [-0.25, -0.2) is 13.2 Å². The van der Waals surface area contributed by atoms with E-state index in [4.69, 9.17) is 5.73 Å². The second kappa shape index (κ2) is 9.45. The highest BCUT2D eigenvalue weighted by molar-refractivity contribution is 5.19. The number of nitrogens with two attached hydrogens (primary N) is 1. The molecule has 1 atom stereocenters. The van der Waals surface area contributed by atoms with E-state index in [0.717, 1.165) is 42.7 Å². The Morgan fingerprint density at radius 1 is 0.889 bits per heavy atom. The highest BCUT2D eigenvalue weighted by atomic mass is 19.2. The molecule has 3 rings (SSSR count). The number of benzene rings is 1. The van der Waals surface area contributed by atoms with Crippen molar-refractivity contribution in [3.63, 3.8) is 0 Å². The zero-order chi connectivity index (χ0) is 19.4. The minimum Gasteiger partial charge on any atom is -0.327 e. The van der Waals surface area contributed by atoms with E-state index in [1.165, 1.54) is 51.4 Å². The molecule has 152 valence electrons. The molecule has 27 heavy (non-hydrogen) atoms. The summed E-state index contributed by atoms with van der Waals surface area (Å²) < 4.78 is 39.7. The predicted octanol–water partition coefficient (Wildman–Crippen LogP) is 6.39. The van der Waals surface area contributed by atoms with Gasteiger partial charge in [-0.05, 0) is 99.2 Å². The molecule has 1 nitrogen and oxygen atoms in total. The van der Waals surface area contributed by atoms with Gasteiger partial charge in [0, 0.05) is 6.04 Å². The highest BCUT2D eigenvalue weighted by Gasteiger charge is 2.32. The Balaban J connectivity index is 1.41. The average Bonchev–Trinajstić information content (AvgIpc) is 2.70. The van der Waals surface area contributed by atoms with Gasteiger partial charge in [0.2, 0.25) is 0 Å². The number of hydrogen-bond donors (Lipinski definition) is 1. The molecule has 0 amide bonds. The second-order valence-electron chi connectivity index (χ2n) is 8.94. The lowest BCUT2D eigenvalue weighted by Gasteiger charge is -2.39. The fourth-order valence-corrected chi connectivity index (χ4v) is 5.45. The molecule has 0 heterocycles. The van der Waals surface area contributed by atoms with E-state index in [9.17, 15) is 13.2 Å². The molecule has 0 spiro atoms. The number of hydrogen-bond acceptors (Lipinski definition) is 1. The van der Waals surface area contributed by atoms with Gasteiger partial charge in [-0.2, -0.15) is 0 Å². The summed E-state index contributed by atoms with van der Waals surface area (Å²) in [5.74, 6) is -0.457. The Morgan fingerprint density at radius 3 is 1.93 bits per heavy atom. The van der Waals surface area contributed by atoms with Gasteiger partial charge in [0.25, 0.3) is 0 Å². The van der Waals surface area contributed by atoms with Crippen LogP contribution in [0.2, 0.25) is 0 Å². The summed E-state index contributed by atoms with van der Waals surface area (Å²) in [6.45, 7) is 2.19. The highest BCUT2D eigenvalue weighted by Crippen LogP contribution is 2.42. The molecule has 2 aliphatic carbocycles. The van der Waals surface area contributed by atoms with Crippen molar-refractivity contribution in [2.24, 2.45) is 29.4 Å². The van der Waals surface area contributed by atoms with E-state index >= 15 is 0 Å². The van der Waals surface area contributed by atoms with Crippen LogP contribution in [0, 0.1) is 41.1 Å². The molecule has 0 bridgehead atoms. The zero-order valence-corrected chi connectivity index (χ0v) is 16.5. The Bertz CT molecular complexity index is 579. The fraction of sp³-hybridized carbons (Fsp3) is 0.739. The van der Waals surface area contributed by atoms with E-state index in [1.54, 1.807) is 0 Å². The maximum Gasteiger partial charge on any atom is 0.194 e. The molecule has 2 saturated carbocycles. The monoisotopic (exact) mass is 381 g/mol. The lowest BCUT2D eigenvalue weighted by atomic mass is 9.67. The minimum absolute atomic E-state index is 0.378. The minimum atomic E-state index is -1.37. The molecular formula is C23H34F3N. The van der Waals surface area contributed by atoms with Gasteiger partial charge in [0.05, 0.1) is 0 Å². The molecule has 2 fully saturated rings. The molecule has 1 aromatic carbocycles. The van der Waals surface area contributed by atoms with Crippen LogP contribution in [0.1, 0.15) is 76.7 Å². The van der Waals surface area contributed by atoms with Gasteiger partial charge in [-0.15, -0.1) is 0 Å². The third-order valence-electron chi connectivity index (χ3n) is 7.34. The summed E-state index contributed by atoms with van der Waals surface area (Å²) in [4.78, 5) is 0. The Kier molecular flexibility index (Phi) is 7.24. The van der Waals surface area contributed by atoms with Gasteiger partial charge < -0.3 is 5.73 Å².